The van der Waals surface area contributed by atoms with Crippen LogP contribution in [0.2, 0.25) is 0 Å². The van der Waals surface area contributed by atoms with Crippen LogP contribution < -0.4 is 21.3 Å². The Bertz CT molecular complexity index is 1160. The summed E-state index contributed by atoms with van der Waals surface area (Å²) >= 11 is 0. The fraction of sp³-hybridized carbons (Fsp3) is 0.269. The second-order valence-electron chi connectivity index (χ2n) is 7.96. The van der Waals surface area contributed by atoms with E-state index in [-0.39, 0.29) is 25.9 Å². The van der Waals surface area contributed by atoms with E-state index in [0.717, 1.165) is 11.1 Å². The third-order valence-corrected chi connectivity index (χ3v) is 4.87. The monoisotopic (exact) mass is 566 g/mol. The number of carboxylic acids is 2. The zero-order valence-corrected chi connectivity index (χ0v) is 21.2. The first kappa shape index (κ1) is 33.1. The number of urea groups is 1. The quantitative estimate of drug-likeness (QED) is 0.214. The van der Waals surface area contributed by atoms with Gasteiger partial charge in [-0.25, -0.2) is 9.59 Å². The molecule has 0 spiro atoms. The van der Waals surface area contributed by atoms with Gasteiger partial charge in [-0.15, -0.1) is 6.58 Å². The third kappa shape index (κ3) is 13.6. The van der Waals surface area contributed by atoms with Gasteiger partial charge in [0.25, 0.3) is 0 Å². The number of carbonyl (C=O) groups excluding carboxylic acids is 3. The van der Waals surface area contributed by atoms with Gasteiger partial charge < -0.3 is 31.5 Å². The molecule has 0 radical (unpaired) electrons. The van der Waals surface area contributed by atoms with Gasteiger partial charge in [0.1, 0.15) is 0 Å². The molecule has 2 aromatic carbocycles. The van der Waals surface area contributed by atoms with Crippen LogP contribution in [-0.4, -0.2) is 65.8 Å². The summed E-state index contributed by atoms with van der Waals surface area (Å²) in [7, 11) is 0. The number of nitrogens with one attached hydrogen (secondary N) is 4. The fourth-order valence-electron chi connectivity index (χ4n) is 2.99. The van der Waals surface area contributed by atoms with Crippen LogP contribution in [0.4, 0.5) is 18.0 Å². The number of amides is 4. The van der Waals surface area contributed by atoms with Crippen LogP contribution in [0.25, 0.3) is 11.1 Å². The lowest BCUT2D eigenvalue weighted by atomic mass is 9.99. The van der Waals surface area contributed by atoms with Gasteiger partial charge >= 0.3 is 24.1 Å². The van der Waals surface area contributed by atoms with Crippen molar-refractivity contribution in [2.24, 2.45) is 0 Å². The highest BCUT2D eigenvalue weighted by atomic mass is 19.4. The van der Waals surface area contributed by atoms with E-state index in [4.69, 9.17) is 9.90 Å². The minimum Gasteiger partial charge on any atom is -0.481 e. The Morgan fingerprint density at radius 3 is 1.95 bits per heavy atom. The molecular formula is C26H29F3N4O7. The highest BCUT2D eigenvalue weighted by molar-refractivity contribution is 5.85. The van der Waals surface area contributed by atoms with Crippen LogP contribution in [0.3, 0.4) is 0 Å². The van der Waals surface area contributed by atoms with Crippen LogP contribution in [0.1, 0.15) is 24.4 Å². The van der Waals surface area contributed by atoms with E-state index in [1.165, 1.54) is 6.08 Å². The smallest absolute Gasteiger partial charge is 0.481 e. The molecule has 0 aliphatic rings. The molecule has 2 rings (SSSR count). The summed E-state index contributed by atoms with van der Waals surface area (Å²) < 4.78 is 31.7. The van der Waals surface area contributed by atoms with E-state index in [9.17, 15) is 37.5 Å². The lowest BCUT2D eigenvalue weighted by Gasteiger charge is -2.18. The minimum atomic E-state index is -5.08. The second kappa shape index (κ2) is 16.9. The predicted molar refractivity (Wildman–Crippen MR) is 138 cm³/mol. The SMILES string of the molecule is C=CCNC(=O)NCCC(=O)NCC(=O)NC(CC(=O)O)c1ccc(-c2ccccc2)cc1.O=C(O)C(F)(F)F. The summed E-state index contributed by atoms with van der Waals surface area (Å²) in [6.45, 7) is 3.58. The van der Waals surface area contributed by atoms with E-state index in [2.05, 4.69) is 27.8 Å². The third-order valence-electron chi connectivity index (χ3n) is 4.87. The van der Waals surface area contributed by atoms with Gasteiger partial charge in [-0.1, -0.05) is 60.7 Å². The van der Waals surface area contributed by atoms with Crippen molar-refractivity contribution in [2.45, 2.75) is 25.1 Å². The van der Waals surface area contributed by atoms with Crippen molar-refractivity contribution >= 4 is 29.8 Å². The van der Waals surface area contributed by atoms with Crippen LogP contribution in [0.5, 0.6) is 0 Å². The highest BCUT2D eigenvalue weighted by Gasteiger charge is 2.38. The Morgan fingerprint density at radius 2 is 1.43 bits per heavy atom. The molecule has 6 N–H and O–H groups in total. The molecule has 40 heavy (non-hydrogen) atoms. The number of hydrogen-bond acceptors (Lipinski definition) is 5. The van der Waals surface area contributed by atoms with Gasteiger partial charge in [0.15, 0.2) is 0 Å². The Hall–Kier alpha value is -4.88. The van der Waals surface area contributed by atoms with Crippen molar-refractivity contribution in [1.82, 2.24) is 21.3 Å². The summed E-state index contributed by atoms with van der Waals surface area (Å²) in [6, 6.07) is 15.8. The number of alkyl halides is 3. The summed E-state index contributed by atoms with van der Waals surface area (Å²) in [4.78, 5) is 55.7. The Labute approximate surface area is 227 Å². The van der Waals surface area contributed by atoms with Crippen molar-refractivity contribution < 1.29 is 47.4 Å². The van der Waals surface area contributed by atoms with Crippen molar-refractivity contribution in [2.75, 3.05) is 19.6 Å². The second-order valence-corrected chi connectivity index (χ2v) is 7.96. The van der Waals surface area contributed by atoms with E-state index >= 15 is 0 Å². The number of carboxylic acid groups (broad SMARTS) is 2. The molecule has 0 saturated carbocycles. The molecule has 14 heteroatoms. The van der Waals surface area contributed by atoms with Gasteiger partial charge in [0.05, 0.1) is 19.0 Å². The first-order valence-electron chi connectivity index (χ1n) is 11.7. The van der Waals surface area contributed by atoms with Gasteiger partial charge in [0, 0.05) is 19.5 Å². The van der Waals surface area contributed by atoms with E-state index in [0.29, 0.717) is 12.1 Å². The Kier molecular flexibility index (Phi) is 14.0. The Morgan fingerprint density at radius 1 is 0.850 bits per heavy atom. The molecule has 0 aliphatic carbocycles. The number of aliphatic carboxylic acids is 2. The molecule has 11 nitrogen and oxygen atoms in total. The molecule has 0 bridgehead atoms. The number of carbonyl (C=O) groups is 5. The molecule has 216 valence electrons. The predicted octanol–water partition coefficient (Wildman–Crippen LogP) is 2.61. The first-order chi connectivity index (χ1) is 18.8. The lowest BCUT2D eigenvalue weighted by Crippen LogP contribution is -2.41. The molecule has 2 aromatic rings. The minimum absolute atomic E-state index is 0.00566. The number of benzene rings is 2. The van der Waals surface area contributed by atoms with Crippen molar-refractivity contribution in [3.05, 3.63) is 72.8 Å². The van der Waals surface area contributed by atoms with Crippen molar-refractivity contribution in [3.8, 4) is 11.1 Å². The zero-order valence-electron chi connectivity index (χ0n) is 21.2. The van der Waals surface area contributed by atoms with Crippen molar-refractivity contribution in [1.29, 1.82) is 0 Å². The molecule has 0 saturated heterocycles. The topological polar surface area (TPSA) is 174 Å². The number of rotatable bonds is 12. The number of halogens is 3. The van der Waals surface area contributed by atoms with Crippen LogP contribution in [0, 0.1) is 0 Å². The van der Waals surface area contributed by atoms with E-state index < -0.39 is 42.0 Å². The molecule has 1 atom stereocenters. The van der Waals surface area contributed by atoms with E-state index in [1.807, 2.05) is 42.5 Å². The zero-order chi connectivity index (χ0) is 30.1. The summed E-state index contributed by atoms with van der Waals surface area (Å²) in [5.74, 6) is -4.75. The van der Waals surface area contributed by atoms with Gasteiger partial charge in [-0.3, -0.25) is 14.4 Å². The summed E-state index contributed by atoms with van der Waals surface area (Å²) in [5, 5.41) is 26.5. The molecule has 0 fully saturated rings. The molecule has 0 heterocycles. The average molecular weight is 567 g/mol. The Balaban J connectivity index is 0.00000101. The van der Waals surface area contributed by atoms with Crippen molar-refractivity contribution in [3.63, 3.8) is 0 Å². The van der Waals surface area contributed by atoms with Gasteiger partial charge in [-0.2, -0.15) is 13.2 Å². The normalized spacial score (nSPS) is 11.1. The summed E-state index contributed by atoms with van der Waals surface area (Å²) in [6.07, 6.45) is -3.86. The van der Waals surface area contributed by atoms with Crippen LogP contribution in [0.15, 0.2) is 67.3 Å². The molecule has 1 unspecified atom stereocenters. The van der Waals surface area contributed by atoms with E-state index in [1.54, 1.807) is 12.1 Å². The maximum atomic E-state index is 12.3. The standard InChI is InChI=1S/C24H28N4O5.C2HF3O2/c1-2-13-25-24(33)26-14-12-21(29)27-16-22(30)28-20(15-23(31)32)19-10-8-18(9-11-19)17-6-4-3-5-7-17;3-2(4,5)1(6)7/h2-11,20H,1,12-16H2,(H,27,29)(H,28,30)(H,31,32)(H2,25,26,33);(H,6,7). The van der Waals surface area contributed by atoms with Crippen LogP contribution >= 0.6 is 0 Å². The lowest BCUT2D eigenvalue weighted by molar-refractivity contribution is -0.192. The first-order valence-corrected chi connectivity index (χ1v) is 11.7. The molecule has 0 aromatic heterocycles. The van der Waals surface area contributed by atoms with Gasteiger partial charge in [-0.05, 0) is 16.7 Å². The van der Waals surface area contributed by atoms with Crippen LogP contribution in [-0.2, 0) is 19.2 Å². The van der Waals surface area contributed by atoms with Gasteiger partial charge in [0.2, 0.25) is 11.8 Å². The average Bonchev–Trinajstić information content (AvgIpc) is 2.90. The highest BCUT2D eigenvalue weighted by Crippen LogP contribution is 2.23. The maximum absolute atomic E-state index is 12.3. The largest absolute Gasteiger partial charge is 0.490 e. The fourth-order valence-corrected chi connectivity index (χ4v) is 2.99. The molecular weight excluding hydrogens is 537 g/mol. The number of hydrogen-bond donors (Lipinski definition) is 6. The maximum Gasteiger partial charge on any atom is 0.490 e. The summed E-state index contributed by atoms with van der Waals surface area (Å²) in [5.41, 5.74) is 2.64. The molecule has 0 aliphatic heterocycles. The molecule has 4 amide bonds.